The summed E-state index contributed by atoms with van der Waals surface area (Å²) in [5.41, 5.74) is 1.66. The van der Waals surface area contributed by atoms with Gasteiger partial charge in [-0.25, -0.2) is 0 Å². The Morgan fingerprint density at radius 1 is 1.33 bits per heavy atom. The lowest BCUT2D eigenvalue weighted by molar-refractivity contribution is -0.122. The lowest BCUT2D eigenvalue weighted by Gasteiger charge is -2.18. The van der Waals surface area contributed by atoms with Crippen LogP contribution >= 0.6 is 0 Å². The fraction of sp³-hybridized carbons (Fsp3) is 0.286. The second-order valence-electron chi connectivity index (χ2n) is 4.05. The van der Waals surface area contributed by atoms with Crippen molar-refractivity contribution in [1.82, 2.24) is 0 Å². The number of phenols is 1. The number of ketones is 1. The molecule has 1 aliphatic heterocycles. The first-order valence-electron chi connectivity index (χ1n) is 5.87. The number of hydrogen-bond donors (Lipinski definition) is 1. The Kier molecular flexibility index (Phi) is 3.89. The summed E-state index contributed by atoms with van der Waals surface area (Å²) in [6.07, 6.45) is 3.06. The summed E-state index contributed by atoms with van der Waals surface area (Å²) in [5, 5.41) is 9.17. The molecule has 1 unspecified atom stereocenters. The first-order chi connectivity index (χ1) is 8.70. The van der Waals surface area contributed by atoms with Crippen molar-refractivity contribution in [2.75, 3.05) is 0 Å². The summed E-state index contributed by atoms with van der Waals surface area (Å²) in [6.45, 7) is 2.27. The minimum Gasteiger partial charge on any atom is -0.508 e. The Balaban J connectivity index is 2.01. The number of rotatable bonds is 4. The van der Waals surface area contributed by atoms with Crippen molar-refractivity contribution in [2.45, 2.75) is 26.1 Å². The summed E-state index contributed by atoms with van der Waals surface area (Å²) in [4.78, 5) is 15.9. The van der Waals surface area contributed by atoms with Crippen LogP contribution in [0.15, 0.2) is 41.5 Å². The zero-order valence-corrected chi connectivity index (χ0v) is 10.2. The van der Waals surface area contributed by atoms with Crippen LogP contribution in [0.25, 0.3) is 0 Å². The second kappa shape index (κ2) is 5.60. The highest BCUT2D eigenvalue weighted by Gasteiger charge is 2.24. The summed E-state index contributed by atoms with van der Waals surface area (Å²) in [6, 6.07) is 6.72. The summed E-state index contributed by atoms with van der Waals surface area (Å²) in [5.74, 6) is 0.145. The van der Waals surface area contributed by atoms with Gasteiger partial charge in [-0.15, -0.1) is 0 Å². The van der Waals surface area contributed by atoms with Crippen LogP contribution in [0.1, 0.15) is 18.9 Å². The molecule has 1 aromatic carbocycles. The fourth-order valence-corrected chi connectivity index (χ4v) is 1.75. The Morgan fingerprint density at radius 3 is 2.72 bits per heavy atom. The SMILES string of the molecule is CCC1=NC=CC(=O)C1OCc1ccc(O)cc1. The Bertz CT molecular complexity index is 488. The maximum Gasteiger partial charge on any atom is 0.191 e. The molecule has 0 bridgehead atoms. The molecule has 2 rings (SSSR count). The highest BCUT2D eigenvalue weighted by Crippen LogP contribution is 2.14. The number of ether oxygens (including phenoxy) is 1. The number of carbonyl (C=O) groups excluding carboxylic acids is 1. The van der Waals surface area contributed by atoms with Crippen molar-refractivity contribution in [3.63, 3.8) is 0 Å². The van der Waals surface area contributed by atoms with E-state index < -0.39 is 6.10 Å². The van der Waals surface area contributed by atoms with Gasteiger partial charge in [-0.3, -0.25) is 9.79 Å². The number of hydrogen-bond acceptors (Lipinski definition) is 4. The van der Waals surface area contributed by atoms with Gasteiger partial charge in [0, 0.05) is 12.3 Å². The van der Waals surface area contributed by atoms with E-state index in [0.29, 0.717) is 13.0 Å². The van der Waals surface area contributed by atoms with Crippen LogP contribution in [0.4, 0.5) is 0 Å². The standard InChI is InChI=1S/C14H15NO3/c1-2-12-14(13(17)7-8-15-12)18-9-10-3-5-11(16)6-4-10/h3-8,14,16H,2,9H2,1H3. The van der Waals surface area contributed by atoms with Gasteiger partial charge in [-0.1, -0.05) is 19.1 Å². The fourth-order valence-electron chi connectivity index (χ4n) is 1.75. The molecule has 0 fully saturated rings. The van der Waals surface area contributed by atoms with E-state index >= 15 is 0 Å². The van der Waals surface area contributed by atoms with E-state index in [-0.39, 0.29) is 11.5 Å². The molecule has 1 atom stereocenters. The van der Waals surface area contributed by atoms with E-state index in [1.54, 1.807) is 24.3 Å². The largest absolute Gasteiger partial charge is 0.508 e. The average Bonchev–Trinajstić information content (AvgIpc) is 2.39. The zero-order valence-electron chi connectivity index (χ0n) is 10.2. The van der Waals surface area contributed by atoms with Crippen LogP contribution in [0.2, 0.25) is 0 Å². The number of nitrogens with zero attached hydrogens (tertiary/aromatic N) is 1. The molecule has 4 heteroatoms. The van der Waals surface area contributed by atoms with E-state index in [9.17, 15) is 9.90 Å². The van der Waals surface area contributed by atoms with Crippen LogP contribution in [0.5, 0.6) is 5.75 Å². The van der Waals surface area contributed by atoms with Gasteiger partial charge in [0.1, 0.15) is 5.75 Å². The van der Waals surface area contributed by atoms with Crippen LogP contribution in [0, 0.1) is 0 Å². The molecule has 1 heterocycles. The third-order valence-electron chi connectivity index (χ3n) is 2.76. The van der Waals surface area contributed by atoms with Gasteiger partial charge in [-0.2, -0.15) is 0 Å². The van der Waals surface area contributed by atoms with Gasteiger partial charge >= 0.3 is 0 Å². The lowest BCUT2D eigenvalue weighted by atomic mass is 10.1. The molecule has 0 saturated heterocycles. The number of carbonyl (C=O) groups is 1. The molecule has 0 amide bonds. The molecule has 1 N–H and O–H groups in total. The molecule has 0 aromatic heterocycles. The highest BCUT2D eigenvalue weighted by atomic mass is 16.5. The van der Waals surface area contributed by atoms with Crippen molar-refractivity contribution in [3.05, 3.63) is 42.1 Å². The number of phenolic OH excluding ortho intramolecular Hbond substituents is 1. The maximum atomic E-state index is 11.7. The minimum atomic E-state index is -0.575. The van der Waals surface area contributed by atoms with Crippen molar-refractivity contribution in [1.29, 1.82) is 0 Å². The van der Waals surface area contributed by atoms with Crippen molar-refractivity contribution in [2.24, 2.45) is 4.99 Å². The van der Waals surface area contributed by atoms with E-state index in [0.717, 1.165) is 11.3 Å². The molecule has 0 radical (unpaired) electrons. The molecule has 94 valence electrons. The monoisotopic (exact) mass is 245 g/mol. The summed E-state index contributed by atoms with van der Waals surface area (Å²) < 4.78 is 5.61. The van der Waals surface area contributed by atoms with Crippen LogP contribution < -0.4 is 0 Å². The molecule has 18 heavy (non-hydrogen) atoms. The molecular weight excluding hydrogens is 230 g/mol. The minimum absolute atomic E-state index is 0.0689. The van der Waals surface area contributed by atoms with Crippen molar-refractivity contribution in [3.8, 4) is 5.75 Å². The number of benzene rings is 1. The van der Waals surface area contributed by atoms with Gasteiger partial charge in [0.2, 0.25) is 0 Å². The van der Waals surface area contributed by atoms with Crippen LogP contribution in [0.3, 0.4) is 0 Å². The second-order valence-corrected chi connectivity index (χ2v) is 4.05. The molecule has 0 saturated carbocycles. The van der Waals surface area contributed by atoms with E-state index in [1.807, 2.05) is 6.92 Å². The topological polar surface area (TPSA) is 58.9 Å². The Morgan fingerprint density at radius 2 is 2.06 bits per heavy atom. The van der Waals surface area contributed by atoms with Gasteiger partial charge in [0.25, 0.3) is 0 Å². The predicted octanol–water partition coefficient (Wildman–Crippen LogP) is 2.22. The van der Waals surface area contributed by atoms with Crippen LogP contribution in [-0.4, -0.2) is 22.7 Å². The Hall–Kier alpha value is -1.94. The molecule has 4 nitrogen and oxygen atoms in total. The third kappa shape index (κ3) is 2.84. The Labute approximate surface area is 106 Å². The number of aromatic hydroxyl groups is 1. The van der Waals surface area contributed by atoms with Crippen molar-refractivity contribution >= 4 is 11.5 Å². The van der Waals surface area contributed by atoms with Gasteiger partial charge in [-0.05, 0) is 24.1 Å². The quantitative estimate of drug-likeness (QED) is 0.884. The first-order valence-corrected chi connectivity index (χ1v) is 5.87. The summed E-state index contributed by atoms with van der Waals surface area (Å²) >= 11 is 0. The summed E-state index contributed by atoms with van der Waals surface area (Å²) in [7, 11) is 0. The first kappa shape index (κ1) is 12.5. The van der Waals surface area contributed by atoms with Gasteiger partial charge in [0.15, 0.2) is 11.9 Å². The van der Waals surface area contributed by atoms with E-state index in [1.165, 1.54) is 12.3 Å². The lowest BCUT2D eigenvalue weighted by Crippen LogP contribution is -2.33. The van der Waals surface area contributed by atoms with Crippen LogP contribution in [-0.2, 0) is 16.1 Å². The van der Waals surface area contributed by atoms with Crippen molar-refractivity contribution < 1.29 is 14.6 Å². The molecule has 0 aliphatic carbocycles. The van der Waals surface area contributed by atoms with E-state index in [2.05, 4.69) is 4.99 Å². The number of aliphatic imine (C=N–C) groups is 1. The molecular formula is C14H15NO3. The molecule has 0 spiro atoms. The molecule has 1 aromatic rings. The van der Waals surface area contributed by atoms with E-state index in [4.69, 9.17) is 4.74 Å². The predicted molar refractivity (Wildman–Crippen MR) is 68.6 cm³/mol. The average molecular weight is 245 g/mol. The normalized spacial score (nSPS) is 18.8. The third-order valence-corrected chi connectivity index (χ3v) is 2.76. The maximum absolute atomic E-state index is 11.7. The van der Waals surface area contributed by atoms with Gasteiger partial charge < -0.3 is 9.84 Å². The van der Waals surface area contributed by atoms with Gasteiger partial charge in [0.05, 0.1) is 12.3 Å². The smallest absolute Gasteiger partial charge is 0.191 e. The zero-order chi connectivity index (χ0) is 13.0. The molecule has 1 aliphatic rings. The highest BCUT2D eigenvalue weighted by molar-refractivity contribution is 6.14.